The minimum absolute atomic E-state index is 0.0864. The highest BCUT2D eigenvalue weighted by Gasteiger charge is 2.46. The largest absolute Gasteiger partial charge is 0.496 e. The Morgan fingerprint density at radius 3 is 2.82 bits per heavy atom. The van der Waals surface area contributed by atoms with Crippen molar-refractivity contribution in [2.75, 3.05) is 20.2 Å². The summed E-state index contributed by atoms with van der Waals surface area (Å²) in [6.45, 7) is 3.41. The molecule has 3 aliphatic heterocycles. The number of benzene rings is 2. The van der Waals surface area contributed by atoms with Gasteiger partial charge in [-0.25, -0.2) is 4.68 Å². The van der Waals surface area contributed by atoms with Crippen molar-refractivity contribution in [3.8, 4) is 5.75 Å². The van der Waals surface area contributed by atoms with Crippen molar-refractivity contribution in [3.05, 3.63) is 72.1 Å². The molecule has 7 nitrogen and oxygen atoms in total. The van der Waals surface area contributed by atoms with Crippen molar-refractivity contribution in [2.45, 2.75) is 42.6 Å². The van der Waals surface area contributed by atoms with E-state index in [0.717, 1.165) is 55.2 Å². The molecule has 1 amide bonds. The first-order valence-electron chi connectivity index (χ1n) is 12.0. The van der Waals surface area contributed by atoms with Gasteiger partial charge in [-0.3, -0.25) is 4.79 Å². The number of carbonyl (C=O) groups excluding carboxylic acids is 1. The number of nitrogens with one attached hydrogen (secondary N) is 2. The molecule has 178 valence electrons. The second-order valence-electron chi connectivity index (χ2n) is 9.26. The van der Waals surface area contributed by atoms with E-state index in [1.807, 2.05) is 35.0 Å². The summed E-state index contributed by atoms with van der Waals surface area (Å²) < 4.78 is 7.41. The molecule has 3 aromatic rings. The first-order valence-corrected chi connectivity index (χ1v) is 13.0. The number of hydrogen-bond donors (Lipinski definition) is 2. The predicted molar refractivity (Wildman–Crippen MR) is 132 cm³/mol. The number of thioether (sulfide) groups is 1. The average molecular weight is 479 g/mol. The lowest BCUT2D eigenvalue weighted by Gasteiger charge is -2.46. The van der Waals surface area contributed by atoms with Crippen LogP contribution in [0.5, 0.6) is 5.75 Å². The Morgan fingerprint density at radius 1 is 1.21 bits per heavy atom. The van der Waals surface area contributed by atoms with E-state index in [1.165, 1.54) is 9.80 Å². The van der Waals surface area contributed by atoms with Gasteiger partial charge in [-0.1, -0.05) is 41.6 Å². The third kappa shape index (κ3) is 5.28. The van der Waals surface area contributed by atoms with Gasteiger partial charge in [0.15, 0.2) is 0 Å². The lowest BCUT2D eigenvalue weighted by Crippen LogP contribution is -3.20. The predicted octanol–water partition coefficient (Wildman–Crippen LogP) is 2.19. The number of aromatic nitrogens is 3. The molecule has 2 bridgehead atoms. The topological polar surface area (TPSA) is 73.5 Å². The van der Waals surface area contributed by atoms with E-state index in [1.54, 1.807) is 18.9 Å². The lowest BCUT2D eigenvalue weighted by molar-refractivity contribution is -0.945. The number of fused-ring (bicyclic) bond motifs is 3. The summed E-state index contributed by atoms with van der Waals surface area (Å²) in [6.07, 6.45) is 4.27. The Hall–Kier alpha value is -2.84. The number of carbonyl (C=O) groups is 1. The summed E-state index contributed by atoms with van der Waals surface area (Å²) >= 11 is 1.78. The molecule has 6 rings (SSSR count). The molecule has 1 unspecified atom stereocenters. The first-order chi connectivity index (χ1) is 16.7. The summed E-state index contributed by atoms with van der Waals surface area (Å²) in [5.74, 6) is 2.34. The number of rotatable bonds is 9. The molecule has 2 aromatic carbocycles. The second-order valence-corrected chi connectivity index (χ2v) is 10.3. The van der Waals surface area contributed by atoms with Gasteiger partial charge >= 0.3 is 0 Å². The molecule has 1 aromatic heterocycles. The number of para-hydroxylation sites is 1. The maximum absolute atomic E-state index is 13.0. The number of piperidine rings is 3. The molecule has 0 spiro atoms. The van der Waals surface area contributed by atoms with Crippen molar-refractivity contribution in [2.24, 2.45) is 11.8 Å². The fourth-order valence-corrected chi connectivity index (χ4v) is 6.17. The first kappa shape index (κ1) is 22.9. The molecule has 3 aliphatic rings. The Morgan fingerprint density at radius 2 is 2.03 bits per heavy atom. The summed E-state index contributed by atoms with van der Waals surface area (Å²) in [6, 6.07) is 18.7. The maximum atomic E-state index is 13.0. The van der Waals surface area contributed by atoms with Gasteiger partial charge in [-0.15, -0.1) is 16.9 Å². The van der Waals surface area contributed by atoms with Crippen LogP contribution in [-0.2, 0) is 23.6 Å². The van der Waals surface area contributed by atoms with Gasteiger partial charge in [-0.05, 0) is 24.1 Å². The third-order valence-electron chi connectivity index (χ3n) is 7.16. The molecule has 8 heteroatoms. The average Bonchev–Trinajstić information content (AvgIpc) is 3.34. The summed E-state index contributed by atoms with van der Waals surface area (Å²) in [4.78, 5) is 15.8. The van der Waals surface area contributed by atoms with Gasteiger partial charge in [0.25, 0.3) is 0 Å². The van der Waals surface area contributed by atoms with E-state index in [0.29, 0.717) is 18.5 Å². The highest BCUT2D eigenvalue weighted by molar-refractivity contribution is 7.98. The van der Waals surface area contributed by atoms with Crippen LogP contribution in [0.25, 0.3) is 0 Å². The van der Waals surface area contributed by atoms with Crippen molar-refractivity contribution in [1.82, 2.24) is 20.3 Å². The van der Waals surface area contributed by atoms with Crippen LogP contribution < -0.4 is 15.0 Å². The van der Waals surface area contributed by atoms with E-state index in [4.69, 9.17) is 4.74 Å². The molecular formula is C26H32N5O2S+. The van der Waals surface area contributed by atoms with Gasteiger partial charge in [0.2, 0.25) is 5.91 Å². The van der Waals surface area contributed by atoms with Gasteiger partial charge in [0, 0.05) is 41.8 Å². The van der Waals surface area contributed by atoms with Crippen molar-refractivity contribution >= 4 is 17.7 Å². The molecule has 34 heavy (non-hydrogen) atoms. The van der Waals surface area contributed by atoms with E-state index in [9.17, 15) is 4.79 Å². The molecule has 3 fully saturated rings. The van der Waals surface area contributed by atoms with Crippen molar-refractivity contribution < 1.29 is 14.4 Å². The lowest BCUT2D eigenvalue weighted by atomic mass is 9.75. The van der Waals surface area contributed by atoms with Crippen LogP contribution in [0, 0.1) is 11.8 Å². The van der Waals surface area contributed by atoms with Crippen molar-refractivity contribution in [3.63, 3.8) is 0 Å². The molecule has 4 atom stereocenters. The molecule has 0 saturated carbocycles. The van der Waals surface area contributed by atoms with Crippen LogP contribution in [0.15, 0.2) is 65.7 Å². The highest BCUT2D eigenvalue weighted by atomic mass is 32.2. The van der Waals surface area contributed by atoms with Gasteiger partial charge in [-0.2, -0.15) is 0 Å². The molecule has 2 N–H and O–H groups in total. The standard InChI is InChI=1S/C26H31N5O2S/c1-33-25-10-6-5-7-20(25)14-27-26(32)24-17-30-12-11-19(24)13-22(30)16-31-15-21(28-29-31)18-34-23-8-3-2-4-9-23/h2-10,15,19,22,24H,11-14,16-18H2,1H3,(H,27,32)/p+1/t19-,22+,24-/m0/s1. The minimum Gasteiger partial charge on any atom is -0.496 e. The molecular weight excluding hydrogens is 446 g/mol. The Kier molecular flexibility index (Phi) is 7.16. The van der Waals surface area contributed by atoms with Crippen LogP contribution in [0.4, 0.5) is 0 Å². The maximum Gasteiger partial charge on any atom is 0.229 e. The zero-order valence-electron chi connectivity index (χ0n) is 19.5. The Bertz CT molecular complexity index is 1110. The van der Waals surface area contributed by atoms with Crippen molar-refractivity contribution in [1.29, 1.82) is 0 Å². The molecule has 0 radical (unpaired) electrons. The normalized spacial score (nSPS) is 23.6. The molecule has 4 heterocycles. The fraction of sp³-hybridized carbons (Fsp3) is 0.423. The highest BCUT2D eigenvalue weighted by Crippen LogP contribution is 2.28. The SMILES string of the molecule is COc1ccccc1CNC(=O)[C@H]1C[NH+]2CC[C@H]1C[C@@H]2Cn1cc(CSc2ccccc2)nn1. The quantitative estimate of drug-likeness (QED) is 0.462. The number of amides is 1. The number of nitrogens with zero attached hydrogens (tertiary/aromatic N) is 3. The van der Waals surface area contributed by atoms with Crippen LogP contribution in [0.3, 0.4) is 0 Å². The zero-order valence-corrected chi connectivity index (χ0v) is 20.3. The summed E-state index contributed by atoms with van der Waals surface area (Å²) in [5, 5.41) is 11.9. The number of hydrogen-bond acceptors (Lipinski definition) is 5. The monoisotopic (exact) mass is 478 g/mol. The van der Waals surface area contributed by atoms with Crippen LogP contribution in [0.1, 0.15) is 24.1 Å². The second kappa shape index (κ2) is 10.6. The molecule has 0 aliphatic carbocycles. The van der Waals surface area contributed by atoms with E-state index < -0.39 is 0 Å². The number of methoxy groups -OCH3 is 1. The summed E-state index contributed by atoms with van der Waals surface area (Å²) in [7, 11) is 1.66. The van der Waals surface area contributed by atoms with E-state index >= 15 is 0 Å². The molecule has 3 saturated heterocycles. The summed E-state index contributed by atoms with van der Waals surface area (Å²) in [5.41, 5.74) is 2.02. The van der Waals surface area contributed by atoms with Gasteiger partial charge < -0.3 is 15.0 Å². The van der Waals surface area contributed by atoms with Crippen LogP contribution >= 0.6 is 11.8 Å². The minimum atomic E-state index is 0.0864. The van der Waals surface area contributed by atoms with Crippen LogP contribution in [-0.4, -0.2) is 47.1 Å². The zero-order chi connectivity index (χ0) is 23.3. The third-order valence-corrected chi connectivity index (χ3v) is 8.20. The smallest absolute Gasteiger partial charge is 0.229 e. The fourth-order valence-electron chi connectivity index (χ4n) is 5.37. The van der Waals surface area contributed by atoms with Gasteiger partial charge in [0.1, 0.15) is 11.8 Å². The Labute approximate surface area is 204 Å². The van der Waals surface area contributed by atoms with E-state index in [-0.39, 0.29) is 11.8 Å². The number of ether oxygens (including phenoxy) is 1. The van der Waals surface area contributed by atoms with Crippen LogP contribution in [0.2, 0.25) is 0 Å². The van der Waals surface area contributed by atoms with E-state index in [2.05, 4.69) is 46.1 Å². The Balaban J connectivity index is 1.13. The number of quaternary nitrogens is 1. The van der Waals surface area contributed by atoms with Gasteiger partial charge in [0.05, 0.1) is 38.4 Å².